The van der Waals surface area contributed by atoms with Crippen molar-refractivity contribution in [1.29, 1.82) is 0 Å². The first-order valence-corrected chi connectivity index (χ1v) is 4.62. The lowest BCUT2D eigenvalue weighted by Crippen LogP contribution is -2.26. The van der Waals surface area contributed by atoms with Gasteiger partial charge in [0.25, 0.3) is 5.56 Å². The van der Waals surface area contributed by atoms with Crippen molar-refractivity contribution >= 4 is 17.3 Å². The molecule has 1 aromatic heterocycles. The monoisotopic (exact) mass is 227 g/mol. The standard InChI is InChI=1S/C9H10ClN3O2/c1-2-4-13-9(15)8(11-3-5-14)7(10)6-12-13/h1,6,11,14H,3-5H2. The van der Waals surface area contributed by atoms with Crippen LogP contribution < -0.4 is 10.9 Å². The molecule has 0 atom stereocenters. The van der Waals surface area contributed by atoms with Crippen LogP contribution in [0.3, 0.4) is 0 Å². The van der Waals surface area contributed by atoms with Gasteiger partial charge in [-0.3, -0.25) is 4.79 Å². The van der Waals surface area contributed by atoms with Crippen LogP contribution in [-0.2, 0) is 6.54 Å². The third-order valence-corrected chi connectivity index (χ3v) is 1.94. The molecule has 1 rings (SSSR count). The molecule has 0 radical (unpaired) electrons. The molecule has 0 bridgehead atoms. The summed E-state index contributed by atoms with van der Waals surface area (Å²) in [6.45, 7) is 0.242. The summed E-state index contributed by atoms with van der Waals surface area (Å²) in [5.74, 6) is 2.31. The summed E-state index contributed by atoms with van der Waals surface area (Å²) in [7, 11) is 0. The molecular formula is C9H10ClN3O2. The average Bonchev–Trinajstić information content (AvgIpc) is 2.22. The number of terminal acetylenes is 1. The number of hydrogen-bond acceptors (Lipinski definition) is 4. The summed E-state index contributed by atoms with van der Waals surface area (Å²) in [6.07, 6.45) is 6.41. The Hall–Kier alpha value is -1.51. The maximum absolute atomic E-state index is 11.7. The minimum absolute atomic E-state index is 0.0871. The lowest BCUT2D eigenvalue weighted by Gasteiger charge is -2.07. The van der Waals surface area contributed by atoms with E-state index in [4.69, 9.17) is 23.1 Å². The van der Waals surface area contributed by atoms with Crippen LogP contribution in [0, 0.1) is 12.3 Å². The molecule has 80 valence electrons. The van der Waals surface area contributed by atoms with Crippen LogP contribution in [0.5, 0.6) is 0 Å². The highest BCUT2D eigenvalue weighted by Gasteiger charge is 2.08. The van der Waals surface area contributed by atoms with E-state index in [9.17, 15) is 4.79 Å². The highest BCUT2D eigenvalue weighted by molar-refractivity contribution is 6.32. The van der Waals surface area contributed by atoms with E-state index in [0.29, 0.717) is 0 Å². The summed E-state index contributed by atoms with van der Waals surface area (Å²) in [5, 5.41) is 15.3. The van der Waals surface area contributed by atoms with Gasteiger partial charge in [-0.25, -0.2) is 4.68 Å². The number of nitrogens with one attached hydrogen (secondary N) is 1. The summed E-state index contributed by atoms with van der Waals surface area (Å²) in [5.41, 5.74) is -0.190. The van der Waals surface area contributed by atoms with Gasteiger partial charge in [-0.15, -0.1) is 6.42 Å². The Morgan fingerprint density at radius 3 is 3.07 bits per heavy atom. The van der Waals surface area contributed by atoms with E-state index in [1.807, 2.05) is 0 Å². The average molecular weight is 228 g/mol. The van der Waals surface area contributed by atoms with Gasteiger partial charge in [0.05, 0.1) is 17.8 Å². The van der Waals surface area contributed by atoms with Crippen molar-refractivity contribution in [3.63, 3.8) is 0 Å². The van der Waals surface area contributed by atoms with Crippen LogP contribution in [-0.4, -0.2) is 28.0 Å². The Morgan fingerprint density at radius 2 is 2.47 bits per heavy atom. The van der Waals surface area contributed by atoms with Crippen molar-refractivity contribution in [1.82, 2.24) is 9.78 Å². The topological polar surface area (TPSA) is 67.2 Å². The Kier molecular flexibility index (Phi) is 4.16. The van der Waals surface area contributed by atoms with E-state index in [2.05, 4.69) is 16.3 Å². The van der Waals surface area contributed by atoms with E-state index in [1.54, 1.807) is 0 Å². The Morgan fingerprint density at radius 1 is 1.73 bits per heavy atom. The number of halogens is 1. The van der Waals surface area contributed by atoms with E-state index in [1.165, 1.54) is 6.20 Å². The van der Waals surface area contributed by atoms with Gasteiger partial charge in [-0.2, -0.15) is 5.10 Å². The first-order chi connectivity index (χ1) is 7.20. The molecule has 0 amide bonds. The number of rotatable bonds is 4. The second kappa shape index (κ2) is 5.39. The van der Waals surface area contributed by atoms with Gasteiger partial charge in [-0.1, -0.05) is 17.5 Å². The van der Waals surface area contributed by atoms with Crippen LogP contribution in [0.1, 0.15) is 0 Å². The molecule has 15 heavy (non-hydrogen) atoms. The number of anilines is 1. The lowest BCUT2D eigenvalue weighted by atomic mass is 10.4. The van der Waals surface area contributed by atoms with E-state index < -0.39 is 5.56 Å². The van der Waals surface area contributed by atoms with Crippen molar-refractivity contribution in [2.45, 2.75) is 6.54 Å². The second-order valence-electron chi connectivity index (χ2n) is 2.68. The molecule has 0 unspecified atom stereocenters. The fourth-order valence-electron chi connectivity index (χ4n) is 1.01. The van der Waals surface area contributed by atoms with Crippen LogP contribution >= 0.6 is 11.6 Å². The van der Waals surface area contributed by atoms with Gasteiger partial charge in [-0.05, 0) is 0 Å². The summed E-state index contributed by atoms with van der Waals surface area (Å²) >= 11 is 5.77. The Labute approximate surface area is 91.7 Å². The number of aliphatic hydroxyl groups excluding tert-OH is 1. The van der Waals surface area contributed by atoms with Crippen LogP contribution in [0.25, 0.3) is 0 Å². The Balaban J connectivity index is 3.08. The largest absolute Gasteiger partial charge is 0.395 e. The summed E-state index contributed by atoms with van der Waals surface area (Å²) in [4.78, 5) is 11.7. The molecule has 0 fully saturated rings. The van der Waals surface area contributed by atoms with Crippen molar-refractivity contribution in [2.24, 2.45) is 0 Å². The van der Waals surface area contributed by atoms with Crippen molar-refractivity contribution in [3.05, 3.63) is 21.6 Å². The highest BCUT2D eigenvalue weighted by atomic mass is 35.5. The van der Waals surface area contributed by atoms with Gasteiger partial charge >= 0.3 is 0 Å². The number of aromatic nitrogens is 2. The van der Waals surface area contributed by atoms with Gasteiger partial charge in [0.1, 0.15) is 12.2 Å². The minimum atomic E-state index is -0.395. The van der Waals surface area contributed by atoms with Gasteiger partial charge in [0.2, 0.25) is 0 Å². The quantitative estimate of drug-likeness (QED) is 0.707. The third kappa shape index (κ3) is 2.72. The smallest absolute Gasteiger partial charge is 0.292 e. The second-order valence-corrected chi connectivity index (χ2v) is 3.09. The molecule has 0 aliphatic heterocycles. The van der Waals surface area contributed by atoms with Gasteiger partial charge < -0.3 is 10.4 Å². The molecule has 6 heteroatoms. The van der Waals surface area contributed by atoms with Crippen LogP contribution in [0.15, 0.2) is 11.0 Å². The summed E-state index contributed by atoms with van der Waals surface area (Å²) in [6, 6.07) is 0. The van der Waals surface area contributed by atoms with Crippen molar-refractivity contribution < 1.29 is 5.11 Å². The SMILES string of the molecule is C#CCn1ncc(Cl)c(NCCO)c1=O. The zero-order valence-electron chi connectivity index (χ0n) is 7.90. The highest BCUT2D eigenvalue weighted by Crippen LogP contribution is 2.14. The molecule has 0 spiro atoms. The zero-order valence-corrected chi connectivity index (χ0v) is 8.66. The first kappa shape index (κ1) is 11.6. The maximum atomic E-state index is 11.7. The first-order valence-electron chi connectivity index (χ1n) is 4.24. The van der Waals surface area contributed by atoms with E-state index >= 15 is 0 Å². The maximum Gasteiger partial charge on any atom is 0.292 e. The van der Waals surface area contributed by atoms with Crippen LogP contribution in [0.2, 0.25) is 5.02 Å². The van der Waals surface area contributed by atoms with Crippen LogP contribution in [0.4, 0.5) is 5.69 Å². The van der Waals surface area contributed by atoms with E-state index in [-0.39, 0.29) is 30.4 Å². The normalized spacial score (nSPS) is 9.67. The number of aliphatic hydroxyl groups is 1. The molecule has 1 heterocycles. The predicted molar refractivity (Wildman–Crippen MR) is 57.9 cm³/mol. The van der Waals surface area contributed by atoms with Crippen molar-refractivity contribution in [3.8, 4) is 12.3 Å². The molecule has 0 saturated carbocycles. The van der Waals surface area contributed by atoms with E-state index in [0.717, 1.165) is 4.68 Å². The molecule has 0 aliphatic carbocycles. The van der Waals surface area contributed by atoms with Gasteiger partial charge in [0.15, 0.2) is 0 Å². The predicted octanol–water partition coefficient (Wildman–Crippen LogP) is -0.0659. The van der Waals surface area contributed by atoms with Gasteiger partial charge in [0, 0.05) is 6.54 Å². The molecule has 5 nitrogen and oxygen atoms in total. The number of hydrogen-bond donors (Lipinski definition) is 2. The lowest BCUT2D eigenvalue weighted by molar-refractivity contribution is 0.311. The minimum Gasteiger partial charge on any atom is -0.395 e. The summed E-state index contributed by atoms with van der Waals surface area (Å²) < 4.78 is 1.12. The molecule has 0 aliphatic rings. The fraction of sp³-hybridized carbons (Fsp3) is 0.333. The molecule has 1 aromatic rings. The molecule has 0 saturated heterocycles. The Bertz CT molecular complexity index is 436. The fourth-order valence-corrected chi connectivity index (χ4v) is 1.20. The number of nitrogens with zero attached hydrogens (tertiary/aromatic N) is 2. The molecular weight excluding hydrogens is 218 g/mol. The molecule has 2 N–H and O–H groups in total. The zero-order chi connectivity index (χ0) is 11.3. The molecule has 0 aromatic carbocycles. The third-order valence-electron chi connectivity index (χ3n) is 1.65. The van der Waals surface area contributed by atoms with Crippen molar-refractivity contribution in [2.75, 3.05) is 18.5 Å².